The average Bonchev–Trinajstić information content (AvgIpc) is 2.30. The van der Waals surface area contributed by atoms with Crippen molar-refractivity contribution in [3.63, 3.8) is 0 Å². The Kier molecular flexibility index (Phi) is 4.45. The van der Waals surface area contributed by atoms with Crippen LogP contribution in [0.25, 0.3) is 0 Å². The van der Waals surface area contributed by atoms with Crippen LogP contribution < -0.4 is 9.47 Å². The maximum Gasteiger partial charge on any atom is 0.180 e. The second-order valence-corrected chi connectivity index (χ2v) is 3.85. The average molecular weight is 240 g/mol. The van der Waals surface area contributed by atoms with Gasteiger partial charge in [-0.15, -0.1) is 0 Å². The Morgan fingerprint density at radius 1 is 1.50 bits per heavy atom. The second kappa shape index (κ2) is 5.62. The fourth-order valence-corrected chi connectivity index (χ4v) is 1.44. The molecular weight excluding hydrogens is 226 g/mol. The highest BCUT2D eigenvalue weighted by Crippen LogP contribution is 2.37. The minimum Gasteiger partial charge on any atom is -0.493 e. The van der Waals surface area contributed by atoms with Crippen LogP contribution in [0.3, 0.4) is 0 Å². The Bertz CT molecular complexity index is 412. The minimum absolute atomic E-state index is 0.0549. The van der Waals surface area contributed by atoms with Gasteiger partial charge in [0.2, 0.25) is 0 Å². The zero-order chi connectivity index (χ0) is 12.1. The van der Waals surface area contributed by atoms with Crippen LogP contribution in [-0.4, -0.2) is 13.2 Å². The lowest BCUT2D eigenvalue weighted by Gasteiger charge is -2.16. The fourth-order valence-electron chi connectivity index (χ4n) is 1.18. The smallest absolute Gasteiger partial charge is 0.180 e. The standard InChI is InChI=1S/C12H14ClNO2/c1-4-8(2)16-12-10(13)5-9(7-14)6-11(12)15-3/h5-6,8H,4H2,1-3H3/t8-/m0/s1. The van der Waals surface area contributed by atoms with Crippen molar-refractivity contribution in [2.24, 2.45) is 0 Å². The number of halogens is 1. The van der Waals surface area contributed by atoms with Gasteiger partial charge in [0, 0.05) is 6.07 Å². The monoisotopic (exact) mass is 239 g/mol. The lowest BCUT2D eigenvalue weighted by atomic mass is 10.2. The minimum atomic E-state index is 0.0549. The van der Waals surface area contributed by atoms with E-state index in [-0.39, 0.29) is 6.10 Å². The van der Waals surface area contributed by atoms with Crippen LogP contribution in [-0.2, 0) is 0 Å². The predicted molar refractivity (Wildman–Crippen MR) is 63.1 cm³/mol. The molecule has 1 rings (SSSR count). The van der Waals surface area contributed by atoms with Crippen LogP contribution in [0.4, 0.5) is 0 Å². The Hall–Kier alpha value is -1.40. The van der Waals surface area contributed by atoms with Crippen LogP contribution in [0.1, 0.15) is 25.8 Å². The number of hydrogen-bond donors (Lipinski definition) is 0. The fraction of sp³-hybridized carbons (Fsp3) is 0.417. The van der Waals surface area contributed by atoms with Gasteiger partial charge >= 0.3 is 0 Å². The molecule has 0 radical (unpaired) electrons. The molecule has 0 aliphatic rings. The molecule has 1 aromatic rings. The second-order valence-electron chi connectivity index (χ2n) is 3.44. The van der Waals surface area contributed by atoms with Crippen LogP contribution in [0.2, 0.25) is 5.02 Å². The van der Waals surface area contributed by atoms with E-state index in [0.717, 1.165) is 6.42 Å². The SMILES string of the molecule is CC[C@H](C)Oc1c(Cl)cc(C#N)cc1OC. The molecule has 0 bridgehead atoms. The van der Waals surface area contributed by atoms with E-state index in [4.69, 9.17) is 26.3 Å². The van der Waals surface area contributed by atoms with Gasteiger partial charge in [-0.1, -0.05) is 18.5 Å². The van der Waals surface area contributed by atoms with E-state index in [2.05, 4.69) is 0 Å². The molecule has 0 aliphatic heterocycles. The van der Waals surface area contributed by atoms with Crippen molar-refractivity contribution >= 4 is 11.6 Å². The van der Waals surface area contributed by atoms with Crippen LogP contribution in [0.15, 0.2) is 12.1 Å². The van der Waals surface area contributed by atoms with Crippen molar-refractivity contribution in [1.82, 2.24) is 0 Å². The van der Waals surface area contributed by atoms with E-state index < -0.39 is 0 Å². The van der Waals surface area contributed by atoms with Gasteiger partial charge in [0.15, 0.2) is 11.5 Å². The number of hydrogen-bond acceptors (Lipinski definition) is 3. The lowest BCUT2D eigenvalue weighted by Crippen LogP contribution is -2.11. The first-order valence-corrected chi connectivity index (χ1v) is 5.44. The summed E-state index contributed by atoms with van der Waals surface area (Å²) in [5.41, 5.74) is 0.457. The number of nitriles is 1. The molecule has 0 spiro atoms. The van der Waals surface area contributed by atoms with Crippen LogP contribution in [0.5, 0.6) is 11.5 Å². The van der Waals surface area contributed by atoms with E-state index >= 15 is 0 Å². The molecule has 0 fully saturated rings. The largest absolute Gasteiger partial charge is 0.493 e. The summed E-state index contributed by atoms with van der Waals surface area (Å²) in [7, 11) is 1.52. The van der Waals surface area contributed by atoms with E-state index in [0.29, 0.717) is 22.1 Å². The van der Waals surface area contributed by atoms with Gasteiger partial charge in [-0.25, -0.2) is 0 Å². The van der Waals surface area contributed by atoms with Gasteiger partial charge in [-0.3, -0.25) is 0 Å². The van der Waals surface area contributed by atoms with Gasteiger partial charge in [-0.2, -0.15) is 5.26 Å². The van der Waals surface area contributed by atoms with Crippen molar-refractivity contribution < 1.29 is 9.47 Å². The van der Waals surface area contributed by atoms with Crippen LogP contribution in [0, 0.1) is 11.3 Å². The van der Waals surface area contributed by atoms with E-state index in [9.17, 15) is 0 Å². The highest BCUT2D eigenvalue weighted by atomic mass is 35.5. The third kappa shape index (κ3) is 2.80. The van der Waals surface area contributed by atoms with Crippen molar-refractivity contribution in [3.8, 4) is 17.6 Å². The first kappa shape index (κ1) is 12.7. The van der Waals surface area contributed by atoms with Crippen molar-refractivity contribution in [1.29, 1.82) is 5.26 Å². The first-order chi connectivity index (χ1) is 7.62. The summed E-state index contributed by atoms with van der Waals surface area (Å²) in [5.74, 6) is 0.988. The Morgan fingerprint density at radius 2 is 2.19 bits per heavy atom. The van der Waals surface area contributed by atoms with Crippen molar-refractivity contribution in [2.75, 3.05) is 7.11 Å². The molecule has 0 saturated heterocycles. The first-order valence-electron chi connectivity index (χ1n) is 5.06. The molecule has 1 atom stereocenters. The summed E-state index contributed by atoms with van der Waals surface area (Å²) in [5, 5.41) is 9.20. The molecule has 86 valence electrons. The number of nitrogens with zero attached hydrogens (tertiary/aromatic N) is 1. The zero-order valence-corrected chi connectivity index (χ0v) is 10.3. The normalized spacial score (nSPS) is 11.7. The third-order valence-electron chi connectivity index (χ3n) is 2.25. The van der Waals surface area contributed by atoms with Gasteiger partial charge in [0.25, 0.3) is 0 Å². The summed E-state index contributed by atoms with van der Waals surface area (Å²) in [6.45, 7) is 3.97. The maximum atomic E-state index is 8.80. The summed E-state index contributed by atoms with van der Waals surface area (Å²) < 4.78 is 10.8. The molecule has 0 heterocycles. The molecule has 0 amide bonds. The van der Waals surface area contributed by atoms with Gasteiger partial charge < -0.3 is 9.47 Å². The topological polar surface area (TPSA) is 42.2 Å². The Balaban J connectivity index is 3.12. The zero-order valence-electron chi connectivity index (χ0n) is 9.58. The van der Waals surface area contributed by atoms with Crippen molar-refractivity contribution in [2.45, 2.75) is 26.4 Å². The van der Waals surface area contributed by atoms with Gasteiger partial charge in [0.1, 0.15) is 0 Å². The van der Waals surface area contributed by atoms with Crippen LogP contribution >= 0.6 is 11.6 Å². The summed E-state index contributed by atoms with van der Waals surface area (Å²) in [6, 6.07) is 5.20. The molecule has 0 unspecified atom stereocenters. The van der Waals surface area contributed by atoms with Gasteiger partial charge in [0.05, 0.1) is 29.9 Å². The number of benzene rings is 1. The quantitative estimate of drug-likeness (QED) is 0.809. The molecule has 0 saturated carbocycles. The number of ether oxygens (including phenoxy) is 2. The molecule has 1 aromatic carbocycles. The Morgan fingerprint density at radius 3 is 2.69 bits per heavy atom. The summed E-state index contributed by atoms with van der Waals surface area (Å²) >= 11 is 6.04. The maximum absolute atomic E-state index is 8.80. The molecule has 16 heavy (non-hydrogen) atoms. The van der Waals surface area contributed by atoms with E-state index in [1.807, 2.05) is 19.9 Å². The van der Waals surface area contributed by atoms with E-state index in [1.165, 1.54) is 7.11 Å². The van der Waals surface area contributed by atoms with Gasteiger partial charge in [-0.05, 0) is 19.4 Å². The van der Waals surface area contributed by atoms with E-state index in [1.54, 1.807) is 12.1 Å². The molecule has 0 aromatic heterocycles. The summed E-state index contributed by atoms with van der Waals surface area (Å²) in [4.78, 5) is 0. The molecule has 0 N–H and O–H groups in total. The highest BCUT2D eigenvalue weighted by molar-refractivity contribution is 6.32. The highest BCUT2D eigenvalue weighted by Gasteiger charge is 2.14. The predicted octanol–water partition coefficient (Wildman–Crippen LogP) is 3.40. The number of rotatable bonds is 4. The number of methoxy groups -OCH3 is 1. The Labute approximate surface area is 101 Å². The molecule has 4 heteroatoms. The molecular formula is C12H14ClNO2. The molecule has 3 nitrogen and oxygen atoms in total. The molecule has 0 aliphatic carbocycles. The van der Waals surface area contributed by atoms with Crippen molar-refractivity contribution in [3.05, 3.63) is 22.7 Å². The lowest BCUT2D eigenvalue weighted by molar-refractivity contribution is 0.208. The summed E-state index contributed by atoms with van der Waals surface area (Å²) in [6.07, 6.45) is 0.929. The third-order valence-corrected chi connectivity index (χ3v) is 2.53.